The van der Waals surface area contributed by atoms with E-state index in [4.69, 9.17) is 9.47 Å². The minimum absolute atomic E-state index is 0.0735. The number of ether oxygens (including phenoxy) is 2. The van der Waals surface area contributed by atoms with E-state index >= 15 is 0 Å². The maximum absolute atomic E-state index is 11.9. The maximum Gasteiger partial charge on any atom is 0.220 e. The van der Waals surface area contributed by atoms with Crippen LogP contribution in [0.4, 0.5) is 0 Å². The molecule has 2 rings (SSSR count). The summed E-state index contributed by atoms with van der Waals surface area (Å²) in [7, 11) is 1.55. The van der Waals surface area contributed by atoms with E-state index in [1.807, 2.05) is 0 Å². The van der Waals surface area contributed by atoms with Gasteiger partial charge in [0.1, 0.15) is 13.2 Å². The molecule has 0 bridgehead atoms. The zero-order valence-corrected chi connectivity index (χ0v) is 10.2. The van der Waals surface area contributed by atoms with Crippen LogP contribution in [0.25, 0.3) is 0 Å². The van der Waals surface area contributed by atoms with E-state index in [0.29, 0.717) is 30.3 Å². The van der Waals surface area contributed by atoms with Gasteiger partial charge in [-0.15, -0.1) is 0 Å². The highest BCUT2D eigenvalue weighted by Crippen LogP contribution is 2.31. The van der Waals surface area contributed by atoms with Crippen LogP contribution in [0.2, 0.25) is 0 Å². The van der Waals surface area contributed by atoms with Crippen LogP contribution in [-0.2, 0) is 4.79 Å². The number of rotatable bonds is 4. The second-order valence-electron chi connectivity index (χ2n) is 3.95. The Balaban J connectivity index is 2.04. The van der Waals surface area contributed by atoms with Gasteiger partial charge in [0.25, 0.3) is 0 Å². The van der Waals surface area contributed by atoms with E-state index in [2.05, 4.69) is 5.32 Å². The number of hydrogen-bond acceptors (Lipinski definition) is 4. The fourth-order valence-corrected chi connectivity index (χ4v) is 1.71. The maximum atomic E-state index is 11.9. The highest BCUT2D eigenvalue weighted by Gasteiger charge is 2.15. The molecule has 0 aromatic heterocycles. The van der Waals surface area contributed by atoms with Gasteiger partial charge < -0.3 is 14.8 Å². The molecule has 0 fully saturated rings. The summed E-state index contributed by atoms with van der Waals surface area (Å²) in [6.45, 7) is 1.01. The number of hydrogen-bond donors (Lipinski definition) is 1. The van der Waals surface area contributed by atoms with Crippen molar-refractivity contribution in [2.75, 3.05) is 20.3 Å². The molecule has 1 amide bonds. The lowest BCUT2D eigenvalue weighted by molar-refractivity contribution is -0.120. The molecular formula is C13H15NO4. The first-order chi connectivity index (χ1) is 8.70. The number of fused-ring (bicyclic) bond motifs is 1. The van der Waals surface area contributed by atoms with E-state index in [0.717, 1.165) is 0 Å². The van der Waals surface area contributed by atoms with Crippen LogP contribution < -0.4 is 14.8 Å². The van der Waals surface area contributed by atoms with Crippen molar-refractivity contribution in [1.82, 2.24) is 5.32 Å². The van der Waals surface area contributed by atoms with Crippen molar-refractivity contribution in [1.29, 1.82) is 0 Å². The fourth-order valence-electron chi connectivity index (χ4n) is 1.71. The highest BCUT2D eigenvalue weighted by atomic mass is 16.6. The summed E-state index contributed by atoms with van der Waals surface area (Å²) in [5.74, 6) is 1.03. The van der Waals surface area contributed by atoms with Gasteiger partial charge in [-0.1, -0.05) is 0 Å². The molecule has 0 atom stereocenters. The summed E-state index contributed by atoms with van der Waals surface area (Å²) in [4.78, 5) is 22.9. The van der Waals surface area contributed by atoms with Crippen molar-refractivity contribution in [2.45, 2.75) is 12.8 Å². The van der Waals surface area contributed by atoms with Crippen LogP contribution in [0.3, 0.4) is 0 Å². The first kappa shape index (κ1) is 12.4. The Kier molecular flexibility index (Phi) is 3.82. The predicted octanol–water partition coefficient (Wildman–Crippen LogP) is 1.17. The molecule has 18 heavy (non-hydrogen) atoms. The van der Waals surface area contributed by atoms with Crippen molar-refractivity contribution >= 4 is 11.7 Å². The van der Waals surface area contributed by atoms with Crippen molar-refractivity contribution in [3.05, 3.63) is 23.8 Å². The molecule has 0 aliphatic carbocycles. The molecule has 1 aromatic carbocycles. The van der Waals surface area contributed by atoms with Gasteiger partial charge in [-0.2, -0.15) is 0 Å². The average molecular weight is 249 g/mol. The Labute approximate surface area is 105 Å². The van der Waals surface area contributed by atoms with Gasteiger partial charge in [-0.05, 0) is 18.2 Å². The third kappa shape index (κ3) is 2.80. The van der Waals surface area contributed by atoms with Gasteiger partial charge in [-0.3, -0.25) is 9.59 Å². The Morgan fingerprint density at radius 3 is 2.61 bits per heavy atom. The second-order valence-corrected chi connectivity index (χ2v) is 3.95. The van der Waals surface area contributed by atoms with Gasteiger partial charge in [0.15, 0.2) is 17.3 Å². The predicted molar refractivity (Wildman–Crippen MR) is 65.1 cm³/mol. The number of amides is 1. The summed E-state index contributed by atoms with van der Waals surface area (Å²) in [6.07, 6.45) is 0.392. The van der Waals surface area contributed by atoms with E-state index in [9.17, 15) is 9.59 Å². The molecule has 1 aromatic rings. The van der Waals surface area contributed by atoms with Crippen molar-refractivity contribution in [2.24, 2.45) is 0 Å². The summed E-state index contributed by atoms with van der Waals surface area (Å²) in [5, 5.41) is 2.49. The van der Waals surface area contributed by atoms with Gasteiger partial charge in [0.05, 0.1) is 0 Å². The Bertz CT molecular complexity index is 470. The molecule has 1 heterocycles. The van der Waals surface area contributed by atoms with E-state index in [-0.39, 0.29) is 24.5 Å². The van der Waals surface area contributed by atoms with Gasteiger partial charge >= 0.3 is 0 Å². The average Bonchev–Trinajstić information content (AvgIpc) is 2.43. The molecule has 1 N–H and O–H groups in total. The standard InChI is InChI=1S/C13H15NO4/c1-14-13(16)5-3-10(15)9-2-4-11-12(8-9)18-7-6-17-11/h2,4,8H,3,5-7H2,1H3,(H,14,16). The van der Waals surface area contributed by atoms with Crippen LogP contribution in [0.1, 0.15) is 23.2 Å². The molecule has 0 radical (unpaired) electrons. The lowest BCUT2D eigenvalue weighted by atomic mass is 10.1. The molecule has 0 saturated heterocycles. The number of Topliss-reactive ketones (excluding diaryl/α,β-unsaturated/α-hetero) is 1. The number of benzene rings is 1. The minimum Gasteiger partial charge on any atom is -0.486 e. The summed E-state index contributed by atoms with van der Waals surface area (Å²) in [6, 6.07) is 5.09. The van der Waals surface area contributed by atoms with Crippen LogP contribution in [0.15, 0.2) is 18.2 Å². The molecule has 0 unspecified atom stereocenters. The van der Waals surface area contributed by atoms with Crippen LogP contribution >= 0.6 is 0 Å². The molecule has 0 spiro atoms. The summed E-state index contributed by atoms with van der Waals surface area (Å²) >= 11 is 0. The number of carbonyl (C=O) groups is 2. The van der Waals surface area contributed by atoms with E-state index in [1.165, 1.54) is 0 Å². The topological polar surface area (TPSA) is 64.6 Å². The third-order valence-corrected chi connectivity index (χ3v) is 2.72. The zero-order valence-electron chi connectivity index (χ0n) is 10.2. The molecule has 5 nitrogen and oxygen atoms in total. The normalized spacial score (nSPS) is 12.9. The van der Waals surface area contributed by atoms with Crippen molar-refractivity contribution in [3.63, 3.8) is 0 Å². The fraction of sp³-hybridized carbons (Fsp3) is 0.385. The van der Waals surface area contributed by atoms with Gasteiger partial charge in [-0.25, -0.2) is 0 Å². The molecular weight excluding hydrogens is 234 g/mol. The zero-order chi connectivity index (χ0) is 13.0. The van der Waals surface area contributed by atoms with Crippen LogP contribution in [0, 0.1) is 0 Å². The Hall–Kier alpha value is -2.04. The number of carbonyl (C=O) groups excluding carboxylic acids is 2. The summed E-state index contributed by atoms with van der Waals surface area (Å²) in [5.41, 5.74) is 0.545. The monoisotopic (exact) mass is 249 g/mol. The summed E-state index contributed by atoms with van der Waals surface area (Å²) < 4.78 is 10.8. The first-order valence-corrected chi connectivity index (χ1v) is 5.84. The van der Waals surface area contributed by atoms with Crippen LogP contribution in [-0.4, -0.2) is 32.0 Å². The quantitative estimate of drug-likeness (QED) is 0.813. The SMILES string of the molecule is CNC(=O)CCC(=O)c1ccc2c(c1)OCCO2. The number of ketones is 1. The highest BCUT2D eigenvalue weighted by molar-refractivity contribution is 5.98. The number of nitrogens with one attached hydrogen (secondary N) is 1. The van der Waals surface area contributed by atoms with E-state index < -0.39 is 0 Å². The molecule has 0 saturated carbocycles. The van der Waals surface area contributed by atoms with Crippen molar-refractivity contribution < 1.29 is 19.1 Å². The van der Waals surface area contributed by atoms with Gasteiger partial charge in [0, 0.05) is 25.5 Å². The minimum atomic E-state index is -0.138. The second kappa shape index (κ2) is 5.53. The largest absolute Gasteiger partial charge is 0.486 e. The Morgan fingerprint density at radius 2 is 1.89 bits per heavy atom. The van der Waals surface area contributed by atoms with E-state index in [1.54, 1.807) is 25.2 Å². The molecule has 1 aliphatic rings. The molecule has 1 aliphatic heterocycles. The van der Waals surface area contributed by atoms with Crippen LogP contribution in [0.5, 0.6) is 11.5 Å². The molecule has 96 valence electrons. The van der Waals surface area contributed by atoms with Crippen molar-refractivity contribution in [3.8, 4) is 11.5 Å². The third-order valence-electron chi connectivity index (χ3n) is 2.72. The lowest BCUT2D eigenvalue weighted by Gasteiger charge is -2.18. The first-order valence-electron chi connectivity index (χ1n) is 5.84. The smallest absolute Gasteiger partial charge is 0.220 e. The Morgan fingerprint density at radius 1 is 1.17 bits per heavy atom. The van der Waals surface area contributed by atoms with Gasteiger partial charge in [0.2, 0.25) is 5.91 Å². The lowest BCUT2D eigenvalue weighted by Crippen LogP contribution is -2.19. The molecule has 5 heteroatoms.